The molecule has 1 aliphatic rings. The number of carboxylic acids is 1. The monoisotopic (exact) mass is 434 g/mol. The summed E-state index contributed by atoms with van der Waals surface area (Å²) in [4.78, 5) is 35.7. The Morgan fingerprint density at radius 2 is 1.66 bits per heavy atom. The number of fused-ring (bicyclic) bond motifs is 3. The third-order valence-corrected chi connectivity index (χ3v) is 5.51. The average molecular weight is 434 g/mol. The van der Waals surface area contributed by atoms with Crippen LogP contribution in [-0.4, -0.2) is 41.8 Å². The molecule has 3 N–H and O–H groups in total. The molecule has 0 heterocycles. The van der Waals surface area contributed by atoms with Crippen LogP contribution in [0.1, 0.15) is 43.7 Å². The number of benzene rings is 2. The second kappa shape index (κ2) is 10.0. The molecule has 0 radical (unpaired) electrons. The lowest BCUT2D eigenvalue weighted by Gasteiger charge is -2.28. The Kier molecular flexibility index (Phi) is 7.16. The molecule has 3 rings (SSSR count). The number of carboxylic acid groups (broad SMARTS) is 1. The normalized spacial score (nSPS) is 13.6. The zero-order chi connectivity index (χ0) is 23.1. The highest BCUT2D eigenvalue weighted by atomic mass is 16.5. The van der Waals surface area contributed by atoms with Crippen molar-refractivity contribution in [3.05, 3.63) is 59.7 Å². The van der Waals surface area contributed by atoms with Crippen LogP contribution >= 0.6 is 0 Å². The first-order chi connectivity index (χ1) is 15.4. The molecule has 0 fully saturated rings. The number of ether oxygens (including phenoxy) is 1. The largest absolute Gasteiger partial charge is 0.472 e. The van der Waals surface area contributed by atoms with Gasteiger partial charge in [0.05, 0.1) is 6.54 Å². The van der Waals surface area contributed by atoms with E-state index in [4.69, 9.17) is 9.84 Å². The van der Waals surface area contributed by atoms with E-state index in [1.807, 2.05) is 49.2 Å². The SMILES string of the molecule is CCCC(C)(NC(=O)OCC1c2ccccc2-c2ccccc21)C(=O)NCC#CC(=O)O. The molecule has 2 aromatic rings. The Labute approximate surface area is 187 Å². The minimum atomic E-state index is -1.27. The fourth-order valence-corrected chi connectivity index (χ4v) is 4.03. The number of aliphatic carboxylic acids is 1. The van der Waals surface area contributed by atoms with Gasteiger partial charge in [0.15, 0.2) is 0 Å². The fraction of sp³-hybridized carbons (Fsp3) is 0.320. The molecule has 0 saturated carbocycles. The van der Waals surface area contributed by atoms with Crippen LogP contribution in [0.4, 0.5) is 4.79 Å². The van der Waals surface area contributed by atoms with Gasteiger partial charge in [-0.15, -0.1) is 0 Å². The van der Waals surface area contributed by atoms with E-state index in [9.17, 15) is 14.4 Å². The van der Waals surface area contributed by atoms with Gasteiger partial charge in [-0.3, -0.25) is 4.79 Å². The van der Waals surface area contributed by atoms with E-state index in [0.717, 1.165) is 22.3 Å². The van der Waals surface area contributed by atoms with Crippen molar-refractivity contribution < 1.29 is 24.2 Å². The summed E-state index contributed by atoms with van der Waals surface area (Å²) in [5, 5.41) is 13.8. The van der Waals surface area contributed by atoms with Crippen LogP contribution in [0.15, 0.2) is 48.5 Å². The van der Waals surface area contributed by atoms with E-state index >= 15 is 0 Å². The predicted octanol–water partition coefficient (Wildman–Crippen LogP) is 3.29. The number of carbonyl (C=O) groups is 3. The average Bonchev–Trinajstić information content (AvgIpc) is 3.09. The van der Waals surface area contributed by atoms with Gasteiger partial charge in [-0.1, -0.05) is 67.8 Å². The molecule has 0 saturated heterocycles. The van der Waals surface area contributed by atoms with E-state index < -0.39 is 23.5 Å². The van der Waals surface area contributed by atoms with Gasteiger partial charge in [-0.2, -0.15) is 0 Å². The quantitative estimate of drug-likeness (QED) is 0.580. The Morgan fingerprint density at radius 1 is 1.06 bits per heavy atom. The first-order valence-corrected chi connectivity index (χ1v) is 10.5. The molecule has 2 aromatic carbocycles. The first-order valence-electron chi connectivity index (χ1n) is 10.5. The van der Waals surface area contributed by atoms with Crippen LogP contribution in [0.3, 0.4) is 0 Å². The number of nitrogens with one attached hydrogen (secondary N) is 2. The van der Waals surface area contributed by atoms with Crippen molar-refractivity contribution in [2.24, 2.45) is 0 Å². The van der Waals surface area contributed by atoms with E-state index in [0.29, 0.717) is 12.8 Å². The van der Waals surface area contributed by atoms with Crippen molar-refractivity contribution in [1.82, 2.24) is 10.6 Å². The van der Waals surface area contributed by atoms with Crippen LogP contribution in [0.5, 0.6) is 0 Å². The lowest BCUT2D eigenvalue weighted by atomic mass is 9.95. The van der Waals surface area contributed by atoms with E-state index in [-0.39, 0.29) is 19.1 Å². The van der Waals surface area contributed by atoms with Gasteiger partial charge >= 0.3 is 12.1 Å². The molecular formula is C25H26N2O5. The van der Waals surface area contributed by atoms with E-state index in [2.05, 4.69) is 28.7 Å². The third kappa shape index (κ3) is 5.09. The zero-order valence-corrected chi connectivity index (χ0v) is 18.1. The number of rotatable bonds is 7. The Morgan fingerprint density at radius 3 is 2.22 bits per heavy atom. The maximum Gasteiger partial charge on any atom is 0.408 e. The number of carbonyl (C=O) groups excluding carboxylic acids is 2. The van der Waals surface area contributed by atoms with Crippen LogP contribution in [0.2, 0.25) is 0 Å². The summed E-state index contributed by atoms with van der Waals surface area (Å²) in [5.74, 6) is 2.47. The summed E-state index contributed by atoms with van der Waals surface area (Å²) in [6.07, 6.45) is 0.346. The molecule has 7 heteroatoms. The van der Waals surface area contributed by atoms with Crippen molar-refractivity contribution in [3.63, 3.8) is 0 Å². The second-order valence-corrected chi connectivity index (χ2v) is 7.82. The van der Waals surface area contributed by atoms with Gasteiger partial charge < -0.3 is 20.5 Å². The summed E-state index contributed by atoms with van der Waals surface area (Å²) in [6.45, 7) is 3.53. The van der Waals surface area contributed by atoms with E-state index in [1.165, 1.54) is 0 Å². The van der Waals surface area contributed by atoms with Crippen molar-refractivity contribution in [1.29, 1.82) is 0 Å². The Hall–Kier alpha value is -3.79. The van der Waals surface area contributed by atoms with Crippen LogP contribution in [-0.2, 0) is 14.3 Å². The van der Waals surface area contributed by atoms with Gasteiger partial charge in [0.25, 0.3) is 0 Å². The maximum absolute atomic E-state index is 12.6. The maximum atomic E-state index is 12.6. The number of alkyl carbamates (subject to hydrolysis) is 1. The van der Waals surface area contributed by atoms with Crippen molar-refractivity contribution in [2.75, 3.05) is 13.2 Å². The van der Waals surface area contributed by atoms with Crippen molar-refractivity contribution in [3.8, 4) is 23.0 Å². The Bertz CT molecular complexity index is 1040. The molecule has 0 spiro atoms. The van der Waals surface area contributed by atoms with E-state index in [1.54, 1.807) is 6.92 Å². The predicted molar refractivity (Wildman–Crippen MR) is 120 cm³/mol. The molecule has 32 heavy (non-hydrogen) atoms. The standard InChI is InChI=1S/C25H26N2O5/c1-3-14-25(2,23(30)26-15-8-13-22(28)29)27-24(31)32-16-21-19-11-6-4-9-17(19)18-10-5-7-12-20(18)21/h4-7,9-12,21H,3,14-16H2,1-2H3,(H,26,30)(H,27,31)(H,28,29). The molecule has 0 bridgehead atoms. The molecule has 0 aromatic heterocycles. The summed E-state index contributed by atoms with van der Waals surface area (Å²) < 4.78 is 5.55. The summed E-state index contributed by atoms with van der Waals surface area (Å²) in [6, 6.07) is 16.1. The first kappa shape index (κ1) is 22.9. The highest BCUT2D eigenvalue weighted by Gasteiger charge is 2.35. The number of hydrogen-bond acceptors (Lipinski definition) is 4. The fourth-order valence-electron chi connectivity index (χ4n) is 4.03. The second-order valence-electron chi connectivity index (χ2n) is 7.82. The molecular weight excluding hydrogens is 408 g/mol. The van der Waals surface area contributed by atoms with Crippen LogP contribution < -0.4 is 10.6 Å². The Balaban J connectivity index is 1.65. The summed E-state index contributed by atoms with van der Waals surface area (Å²) >= 11 is 0. The van der Waals surface area contributed by atoms with Crippen molar-refractivity contribution >= 4 is 18.0 Å². The molecule has 7 nitrogen and oxygen atoms in total. The summed E-state index contributed by atoms with van der Waals surface area (Å²) in [5.41, 5.74) is 3.27. The van der Waals surface area contributed by atoms with Crippen molar-refractivity contribution in [2.45, 2.75) is 38.1 Å². The van der Waals surface area contributed by atoms with Gasteiger partial charge in [0, 0.05) is 11.8 Å². The molecule has 166 valence electrons. The third-order valence-electron chi connectivity index (χ3n) is 5.51. The lowest BCUT2D eigenvalue weighted by molar-refractivity contribution is -0.130. The van der Waals surface area contributed by atoms with Gasteiger partial charge in [-0.05, 0) is 35.6 Å². The minimum absolute atomic E-state index is 0.0781. The molecule has 1 atom stereocenters. The topological polar surface area (TPSA) is 105 Å². The minimum Gasteiger partial charge on any atom is -0.472 e. The number of hydrogen-bond donors (Lipinski definition) is 3. The zero-order valence-electron chi connectivity index (χ0n) is 18.1. The number of amides is 2. The highest BCUT2D eigenvalue weighted by molar-refractivity contribution is 5.90. The van der Waals surface area contributed by atoms with Gasteiger partial charge in [-0.25, -0.2) is 9.59 Å². The van der Waals surface area contributed by atoms with Gasteiger partial charge in [0.2, 0.25) is 5.91 Å². The molecule has 1 unspecified atom stereocenters. The lowest BCUT2D eigenvalue weighted by Crippen LogP contribution is -2.57. The smallest absolute Gasteiger partial charge is 0.408 e. The van der Waals surface area contributed by atoms with Gasteiger partial charge in [0.1, 0.15) is 12.1 Å². The molecule has 1 aliphatic carbocycles. The summed E-state index contributed by atoms with van der Waals surface area (Å²) in [7, 11) is 0. The van der Waals surface area contributed by atoms with Crippen LogP contribution in [0.25, 0.3) is 11.1 Å². The van der Waals surface area contributed by atoms with Crippen LogP contribution in [0, 0.1) is 11.8 Å². The highest BCUT2D eigenvalue weighted by Crippen LogP contribution is 2.44. The molecule has 0 aliphatic heterocycles. The molecule has 2 amide bonds.